The Morgan fingerprint density at radius 2 is 2.13 bits per heavy atom. The molecule has 1 unspecified atom stereocenters. The number of aryl methyl sites for hydroxylation is 1. The van der Waals surface area contributed by atoms with Crippen LogP contribution in [0, 0.1) is 0 Å². The monoisotopic (exact) mass is 206 g/mol. The van der Waals surface area contributed by atoms with Crippen LogP contribution in [0.5, 0.6) is 0 Å². The van der Waals surface area contributed by atoms with Gasteiger partial charge < -0.3 is 4.74 Å². The number of hydrogen-bond donors (Lipinski definition) is 1. The van der Waals surface area contributed by atoms with Crippen LogP contribution in [0.3, 0.4) is 0 Å². The third-order valence-electron chi connectivity index (χ3n) is 2.86. The number of hydrazine groups is 1. The van der Waals surface area contributed by atoms with Gasteiger partial charge in [-0.3, -0.25) is 5.84 Å². The zero-order valence-electron chi connectivity index (χ0n) is 9.15. The Morgan fingerprint density at radius 3 is 2.73 bits per heavy atom. The first-order chi connectivity index (χ1) is 7.29. The lowest BCUT2D eigenvalue weighted by atomic mass is 10.0. The molecule has 1 fully saturated rings. The van der Waals surface area contributed by atoms with Gasteiger partial charge >= 0.3 is 0 Å². The second-order valence-corrected chi connectivity index (χ2v) is 3.95. The van der Waals surface area contributed by atoms with Crippen molar-refractivity contribution in [2.45, 2.75) is 19.4 Å². The largest absolute Gasteiger partial charge is 0.371 e. The maximum absolute atomic E-state index is 5.77. The highest BCUT2D eigenvalue weighted by Gasteiger charge is 2.19. The summed E-state index contributed by atoms with van der Waals surface area (Å²) >= 11 is 0. The molecule has 0 aromatic heterocycles. The standard InChI is InChI=1S/C12H18N2O/c1-2-10-3-5-11(6-4-10)12-9-14(13)7-8-15-12/h3-6,12H,2,7-9,13H2,1H3. The number of morpholine rings is 1. The van der Waals surface area contributed by atoms with Crippen molar-refractivity contribution in [2.24, 2.45) is 5.84 Å². The third-order valence-corrected chi connectivity index (χ3v) is 2.86. The summed E-state index contributed by atoms with van der Waals surface area (Å²) in [6.45, 7) is 4.49. The van der Waals surface area contributed by atoms with Gasteiger partial charge in [-0.05, 0) is 17.5 Å². The fourth-order valence-electron chi connectivity index (χ4n) is 1.84. The molecule has 82 valence electrons. The van der Waals surface area contributed by atoms with E-state index in [0.29, 0.717) is 0 Å². The number of nitrogens with zero attached hydrogens (tertiary/aromatic N) is 1. The highest BCUT2D eigenvalue weighted by molar-refractivity contribution is 5.24. The number of hydrogen-bond acceptors (Lipinski definition) is 3. The molecule has 0 radical (unpaired) electrons. The molecule has 1 aromatic rings. The van der Waals surface area contributed by atoms with Crippen LogP contribution in [0.1, 0.15) is 24.2 Å². The van der Waals surface area contributed by atoms with Crippen molar-refractivity contribution in [3.05, 3.63) is 35.4 Å². The summed E-state index contributed by atoms with van der Waals surface area (Å²) in [7, 11) is 0. The number of nitrogens with two attached hydrogens (primary N) is 1. The quantitative estimate of drug-likeness (QED) is 0.745. The van der Waals surface area contributed by atoms with Crippen LogP contribution in [0.2, 0.25) is 0 Å². The van der Waals surface area contributed by atoms with Crippen molar-refractivity contribution in [3.8, 4) is 0 Å². The van der Waals surface area contributed by atoms with E-state index in [4.69, 9.17) is 10.6 Å². The van der Waals surface area contributed by atoms with Crippen LogP contribution in [-0.4, -0.2) is 24.7 Å². The Hall–Kier alpha value is -0.900. The average Bonchev–Trinajstić information content (AvgIpc) is 2.29. The Balaban J connectivity index is 2.07. The van der Waals surface area contributed by atoms with Gasteiger partial charge in [0, 0.05) is 13.1 Å². The van der Waals surface area contributed by atoms with Crippen LogP contribution >= 0.6 is 0 Å². The minimum absolute atomic E-state index is 0.134. The van der Waals surface area contributed by atoms with E-state index in [9.17, 15) is 0 Å². The lowest BCUT2D eigenvalue weighted by Gasteiger charge is -2.29. The highest BCUT2D eigenvalue weighted by atomic mass is 16.5. The molecule has 1 saturated heterocycles. The van der Waals surface area contributed by atoms with E-state index < -0.39 is 0 Å². The summed E-state index contributed by atoms with van der Waals surface area (Å²) in [4.78, 5) is 0. The molecule has 1 atom stereocenters. The summed E-state index contributed by atoms with van der Waals surface area (Å²) in [6.07, 6.45) is 1.21. The predicted molar refractivity (Wildman–Crippen MR) is 60.3 cm³/mol. The van der Waals surface area contributed by atoms with Gasteiger partial charge in [0.15, 0.2) is 0 Å². The molecule has 0 saturated carbocycles. The van der Waals surface area contributed by atoms with E-state index in [2.05, 4.69) is 31.2 Å². The van der Waals surface area contributed by atoms with Gasteiger partial charge in [-0.25, -0.2) is 5.01 Å². The predicted octanol–water partition coefficient (Wildman–Crippen LogP) is 1.50. The first kappa shape index (κ1) is 10.6. The van der Waals surface area contributed by atoms with Gasteiger partial charge in [0.25, 0.3) is 0 Å². The van der Waals surface area contributed by atoms with Crippen LogP contribution in [-0.2, 0) is 11.2 Å². The second kappa shape index (κ2) is 4.75. The summed E-state index contributed by atoms with van der Waals surface area (Å²) < 4.78 is 5.69. The molecule has 1 aliphatic heterocycles. The van der Waals surface area contributed by atoms with E-state index >= 15 is 0 Å². The molecule has 0 amide bonds. The maximum atomic E-state index is 5.77. The smallest absolute Gasteiger partial charge is 0.0966 e. The fourth-order valence-corrected chi connectivity index (χ4v) is 1.84. The Kier molecular flexibility index (Phi) is 3.36. The number of ether oxygens (including phenoxy) is 1. The molecule has 2 rings (SSSR count). The summed E-state index contributed by atoms with van der Waals surface area (Å²) in [5.41, 5.74) is 2.58. The molecule has 15 heavy (non-hydrogen) atoms. The second-order valence-electron chi connectivity index (χ2n) is 3.95. The van der Waals surface area contributed by atoms with Crippen molar-refractivity contribution in [2.75, 3.05) is 19.7 Å². The molecule has 1 aliphatic rings. The minimum Gasteiger partial charge on any atom is -0.371 e. The van der Waals surface area contributed by atoms with Crippen molar-refractivity contribution in [1.82, 2.24) is 5.01 Å². The number of benzene rings is 1. The third kappa shape index (κ3) is 2.56. The molecule has 1 heterocycles. The van der Waals surface area contributed by atoms with Gasteiger partial charge in [-0.15, -0.1) is 0 Å². The topological polar surface area (TPSA) is 38.5 Å². The maximum Gasteiger partial charge on any atom is 0.0966 e. The Labute approximate surface area is 90.8 Å². The minimum atomic E-state index is 0.134. The summed E-state index contributed by atoms with van der Waals surface area (Å²) in [6, 6.07) is 8.60. The van der Waals surface area contributed by atoms with Crippen molar-refractivity contribution < 1.29 is 4.74 Å². The average molecular weight is 206 g/mol. The fraction of sp³-hybridized carbons (Fsp3) is 0.500. The van der Waals surface area contributed by atoms with E-state index in [1.54, 1.807) is 0 Å². The van der Waals surface area contributed by atoms with Crippen LogP contribution in [0.25, 0.3) is 0 Å². The molecule has 1 aromatic carbocycles. The van der Waals surface area contributed by atoms with Crippen molar-refractivity contribution >= 4 is 0 Å². The summed E-state index contributed by atoms with van der Waals surface area (Å²) in [5.74, 6) is 5.77. The number of rotatable bonds is 2. The molecular weight excluding hydrogens is 188 g/mol. The SMILES string of the molecule is CCc1ccc(C2CN(N)CCO2)cc1. The lowest BCUT2D eigenvalue weighted by Crippen LogP contribution is -2.42. The van der Waals surface area contributed by atoms with Crippen molar-refractivity contribution in [1.29, 1.82) is 0 Å². The van der Waals surface area contributed by atoms with Crippen molar-refractivity contribution in [3.63, 3.8) is 0 Å². The highest BCUT2D eigenvalue weighted by Crippen LogP contribution is 2.21. The molecule has 3 heteroatoms. The molecular formula is C12H18N2O. The van der Waals surface area contributed by atoms with Crippen LogP contribution in [0.15, 0.2) is 24.3 Å². The zero-order valence-corrected chi connectivity index (χ0v) is 9.15. The Bertz CT molecular complexity index is 310. The van der Waals surface area contributed by atoms with Gasteiger partial charge in [-0.1, -0.05) is 31.2 Å². The van der Waals surface area contributed by atoms with E-state index in [1.807, 2.05) is 5.01 Å². The molecule has 0 aliphatic carbocycles. The zero-order chi connectivity index (χ0) is 10.7. The van der Waals surface area contributed by atoms with E-state index in [-0.39, 0.29) is 6.10 Å². The van der Waals surface area contributed by atoms with Gasteiger partial charge in [0.05, 0.1) is 12.7 Å². The Morgan fingerprint density at radius 1 is 1.40 bits per heavy atom. The summed E-state index contributed by atoms with van der Waals surface area (Å²) in [5, 5.41) is 1.82. The lowest BCUT2D eigenvalue weighted by molar-refractivity contribution is -0.0304. The van der Waals surface area contributed by atoms with Gasteiger partial charge in [-0.2, -0.15) is 0 Å². The first-order valence-corrected chi connectivity index (χ1v) is 5.49. The molecule has 0 bridgehead atoms. The van der Waals surface area contributed by atoms with Gasteiger partial charge in [0.1, 0.15) is 0 Å². The van der Waals surface area contributed by atoms with Crippen LogP contribution < -0.4 is 5.84 Å². The normalized spacial score (nSPS) is 22.9. The van der Waals surface area contributed by atoms with E-state index in [1.165, 1.54) is 11.1 Å². The molecule has 3 nitrogen and oxygen atoms in total. The molecule has 0 spiro atoms. The van der Waals surface area contributed by atoms with E-state index in [0.717, 1.165) is 26.1 Å². The molecule has 2 N–H and O–H groups in total. The van der Waals surface area contributed by atoms with Crippen LogP contribution in [0.4, 0.5) is 0 Å². The van der Waals surface area contributed by atoms with Gasteiger partial charge in [0.2, 0.25) is 0 Å². The first-order valence-electron chi connectivity index (χ1n) is 5.49.